The van der Waals surface area contributed by atoms with Crippen molar-refractivity contribution in [3.8, 4) is 11.1 Å². The van der Waals surface area contributed by atoms with Gasteiger partial charge < -0.3 is 10.4 Å². The van der Waals surface area contributed by atoms with E-state index in [0.29, 0.717) is 15.4 Å². The van der Waals surface area contributed by atoms with Crippen LogP contribution in [-0.2, 0) is 0 Å². The van der Waals surface area contributed by atoms with Gasteiger partial charge in [0.15, 0.2) is 0 Å². The van der Waals surface area contributed by atoms with E-state index in [-0.39, 0.29) is 11.5 Å². The Kier molecular flexibility index (Phi) is 4.82. The summed E-state index contributed by atoms with van der Waals surface area (Å²) in [6.07, 6.45) is 0. The number of hydrogen-bond acceptors (Lipinski definition) is 4. The van der Waals surface area contributed by atoms with Gasteiger partial charge in [0.2, 0.25) is 0 Å². The first kappa shape index (κ1) is 17.9. The standard InChI is InChI=1S/C20H12BrNO3S2/c21-13-7-5-11(6-8-13)14-10-26-19(17(14)20(24)25)22-18(23)16-9-12-3-1-2-4-15(12)27-16/h1-10H,(H,22,23)(H,24,25). The molecule has 2 aromatic heterocycles. The van der Waals surface area contributed by atoms with E-state index in [1.165, 1.54) is 22.7 Å². The molecule has 0 bridgehead atoms. The molecule has 2 heterocycles. The molecular formula is C20H12BrNO3S2. The van der Waals surface area contributed by atoms with Gasteiger partial charge in [0, 0.05) is 20.1 Å². The monoisotopic (exact) mass is 457 g/mol. The molecule has 1 amide bonds. The normalized spacial score (nSPS) is 10.9. The molecule has 0 aliphatic carbocycles. The predicted molar refractivity (Wildman–Crippen MR) is 114 cm³/mol. The van der Waals surface area contributed by atoms with E-state index in [4.69, 9.17) is 0 Å². The molecule has 4 rings (SSSR count). The van der Waals surface area contributed by atoms with Crippen LogP contribution < -0.4 is 5.32 Å². The highest BCUT2D eigenvalue weighted by Crippen LogP contribution is 2.37. The van der Waals surface area contributed by atoms with Crippen molar-refractivity contribution in [1.82, 2.24) is 0 Å². The van der Waals surface area contributed by atoms with Crippen LogP contribution in [0.25, 0.3) is 21.2 Å². The highest BCUT2D eigenvalue weighted by atomic mass is 79.9. The average molecular weight is 458 g/mol. The molecule has 0 fully saturated rings. The Balaban J connectivity index is 1.68. The minimum absolute atomic E-state index is 0.108. The van der Waals surface area contributed by atoms with Gasteiger partial charge in [-0.2, -0.15) is 0 Å². The Bertz CT molecular complexity index is 1130. The smallest absolute Gasteiger partial charge is 0.339 e. The maximum Gasteiger partial charge on any atom is 0.339 e. The molecule has 0 radical (unpaired) electrons. The molecule has 2 N–H and O–H groups in total. The summed E-state index contributed by atoms with van der Waals surface area (Å²) in [7, 11) is 0. The Morgan fingerprint density at radius 1 is 1.04 bits per heavy atom. The van der Waals surface area contributed by atoms with Gasteiger partial charge in [-0.15, -0.1) is 22.7 Å². The summed E-state index contributed by atoms with van der Waals surface area (Å²) in [6, 6.07) is 17.0. The van der Waals surface area contributed by atoms with Gasteiger partial charge in [-0.25, -0.2) is 4.79 Å². The second-order valence-corrected chi connectivity index (χ2v) is 8.65. The van der Waals surface area contributed by atoms with Gasteiger partial charge in [0.25, 0.3) is 5.91 Å². The first-order valence-corrected chi connectivity index (χ1v) is 10.4. The SMILES string of the molecule is O=C(Nc1scc(-c2ccc(Br)cc2)c1C(=O)O)c1cc2ccccc2s1. The Morgan fingerprint density at radius 2 is 1.78 bits per heavy atom. The number of halogens is 1. The summed E-state index contributed by atoms with van der Waals surface area (Å²) in [4.78, 5) is 25.1. The van der Waals surface area contributed by atoms with Crippen molar-refractivity contribution < 1.29 is 14.7 Å². The molecule has 0 aliphatic rings. The number of carboxylic acids is 1. The zero-order chi connectivity index (χ0) is 19.0. The fourth-order valence-electron chi connectivity index (χ4n) is 2.76. The number of nitrogens with one attached hydrogen (secondary N) is 1. The van der Waals surface area contributed by atoms with Crippen LogP contribution in [-0.4, -0.2) is 17.0 Å². The quantitative estimate of drug-likeness (QED) is 0.375. The molecule has 0 saturated carbocycles. The van der Waals surface area contributed by atoms with Crippen molar-refractivity contribution in [2.24, 2.45) is 0 Å². The maximum atomic E-state index is 12.7. The van der Waals surface area contributed by atoms with Gasteiger partial charge in [-0.05, 0) is 35.2 Å². The third-order valence-corrected chi connectivity index (χ3v) is 6.58. The Labute approximate surface area is 171 Å². The number of rotatable bonds is 4. The lowest BCUT2D eigenvalue weighted by atomic mass is 10.0. The van der Waals surface area contributed by atoms with Gasteiger partial charge in [-0.1, -0.05) is 46.3 Å². The molecular weight excluding hydrogens is 446 g/mol. The molecule has 0 atom stereocenters. The van der Waals surface area contributed by atoms with Crippen LogP contribution in [0.3, 0.4) is 0 Å². The van der Waals surface area contributed by atoms with E-state index in [2.05, 4.69) is 21.2 Å². The fourth-order valence-corrected chi connectivity index (χ4v) is 4.94. The van der Waals surface area contributed by atoms with Crippen LogP contribution >= 0.6 is 38.6 Å². The molecule has 27 heavy (non-hydrogen) atoms. The molecule has 134 valence electrons. The number of benzene rings is 2. The van der Waals surface area contributed by atoms with E-state index >= 15 is 0 Å². The number of anilines is 1. The lowest BCUT2D eigenvalue weighted by molar-refractivity contribution is 0.0699. The van der Waals surface area contributed by atoms with Gasteiger partial charge in [0.1, 0.15) is 10.6 Å². The number of thiophene rings is 2. The minimum atomic E-state index is -1.07. The molecule has 2 aromatic carbocycles. The highest BCUT2D eigenvalue weighted by Gasteiger charge is 2.22. The van der Waals surface area contributed by atoms with E-state index in [1.54, 1.807) is 5.38 Å². The van der Waals surface area contributed by atoms with Crippen molar-refractivity contribution in [3.63, 3.8) is 0 Å². The number of hydrogen-bond donors (Lipinski definition) is 2. The number of carbonyl (C=O) groups is 2. The molecule has 0 unspecified atom stereocenters. The summed E-state index contributed by atoms with van der Waals surface area (Å²) < 4.78 is 1.93. The minimum Gasteiger partial charge on any atom is -0.478 e. The van der Waals surface area contributed by atoms with Crippen molar-refractivity contribution in [2.45, 2.75) is 0 Å². The van der Waals surface area contributed by atoms with Crippen molar-refractivity contribution in [1.29, 1.82) is 0 Å². The third kappa shape index (κ3) is 3.53. The molecule has 4 aromatic rings. The summed E-state index contributed by atoms with van der Waals surface area (Å²) >= 11 is 5.97. The largest absolute Gasteiger partial charge is 0.478 e. The zero-order valence-corrected chi connectivity index (χ0v) is 17.0. The van der Waals surface area contributed by atoms with Crippen molar-refractivity contribution >= 4 is 65.6 Å². The fraction of sp³-hybridized carbons (Fsp3) is 0. The molecule has 7 heteroatoms. The maximum absolute atomic E-state index is 12.7. The summed E-state index contributed by atoms with van der Waals surface area (Å²) in [5.41, 5.74) is 1.48. The molecule has 0 aliphatic heterocycles. The Morgan fingerprint density at radius 3 is 2.48 bits per heavy atom. The number of amides is 1. The third-order valence-electron chi connectivity index (χ3n) is 4.04. The molecule has 0 spiro atoms. The topological polar surface area (TPSA) is 66.4 Å². The van der Waals surface area contributed by atoms with Crippen molar-refractivity contribution in [3.05, 3.63) is 74.9 Å². The van der Waals surface area contributed by atoms with Crippen LogP contribution in [0.1, 0.15) is 20.0 Å². The lowest BCUT2D eigenvalue weighted by Gasteiger charge is -2.05. The summed E-state index contributed by atoms with van der Waals surface area (Å²) in [6.45, 7) is 0. The van der Waals surface area contributed by atoms with Crippen molar-refractivity contribution in [2.75, 3.05) is 5.32 Å². The van der Waals surface area contributed by atoms with Crippen LogP contribution in [0.15, 0.2) is 64.5 Å². The van der Waals surface area contributed by atoms with E-state index in [0.717, 1.165) is 20.1 Å². The van der Waals surface area contributed by atoms with Gasteiger partial charge in [0.05, 0.1) is 4.88 Å². The van der Waals surface area contributed by atoms with Gasteiger partial charge in [-0.3, -0.25) is 4.79 Å². The average Bonchev–Trinajstić information content (AvgIpc) is 3.26. The number of carbonyl (C=O) groups excluding carboxylic acids is 1. The predicted octanol–water partition coefficient (Wildman–Crippen LogP) is 6.34. The summed E-state index contributed by atoms with van der Waals surface area (Å²) in [5.74, 6) is -1.37. The molecule has 0 saturated heterocycles. The second-order valence-electron chi connectivity index (χ2n) is 5.77. The molecule has 4 nitrogen and oxygen atoms in total. The number of carboxylic acid groups (broad SMARTS) is 1. The number of fused-ring (bicyclic) bond motifs is 1. The van der Waals surface area contributed by atoms with Crippen LogP contribution in [0, 0.1) is 0 Å². The second kappa shape index (κ2) is 7.26. The Hall–Kier alpha value is -2.48. The van der Waals surface area contributed by atoms with Gasteiger partial charge >= 0.3 is 5.97 Å². The van der Waals surface area contributed by atoms with Crippen LogP contribution in [0.2, 0.25) is 0 Å². The van der Waals surface area contributed by atoms with E-state index in [1.807, 2.05) is 54.6 Å². The van der Waals surface area contributed by atoms with E-state index < -0.39 is 5.97 Å². The number of aromatic carboxylic acids is 1. The zero-order valence-electron chi connectivity index (χ0n) is 13.7. The first-order valence-electron chi connectivity index (χ1n) is 7.93. The van der Waals surface area contributed by atoms with E-state index in [9.17, 15) is 14.7 Å². The van der Waals surface area contributed by atoms with Crippen LogP contribution in [0.4, 0.5) is 5.00 Å². The van der Waals surface area contributed by atoms with Crippen LogP contribution in [0.5, 0.6) is 0 Å². The highest BCUT2D eigenvalue weighted by molar-refractivity contribution is 9.10. The summed E-state index contributed by atoms with van der Waals surface area (Å²) in [5, 5.41) is 15.6. The first-order chi connectivity index (χ1) is 13.0. The lowest BCUT2D eigenvalue weighted by Crippen LogP contribution is -2.12.